The van der Waals surface area contributed by atoms with Gasteiger partial charge in [-0.25, -0.2) is 4.39 Å². The predicted molar refractivity (Wildman–Crippen MR) is 119 cm³/mol. The van der Waals surface area contributed by atoms with Gasteiger partial charge in [-0.3, -0.25) is 9.89 Å². The summed E-state index contributed by atoms with van der Waals surface area (Å²) in [6.07, 6.45) is 0.469. The lowest BCUT2D eigenvalue weighted by molar-refractivity contribution is 0.0638. The van der Waals surface area contributed by atoms with Gasteiger partial charge in [0.25, 0.3) is 0 Å². The van der Waals surface area contributed by atoms with Crippen LogP contribution >= 0.6 is 0 Å². The molecule has 0 aliphatic carbocycles. The van der Waals surface area contributed by atoms with Gasteiger partial charge in [0.05, 0.1) is 12.3 Å². The highest BCUT2D eigenvalue weighted by molar-refractivity contribution is 6.15. The van der Waals surface area contributed by atoms with Crippen LogP contribution in [0.25, 0.3) is 0 Å². The molecule has 3 aromatic carbocycles. The highest BCUT2D eigenvalue weighted by Crippen LogP contribution is 2.25. The van der Waals surface area contributed by atoms with Crippen molar-refractivity contribution in [3.63, 3.8) is 0 Å². The molecular formula is C26H25FN2O2. The smallest absolute Gasteiger partial charge is 0.123 e. The number of hydrogen-bond acceptors (Lipinski definition) is 4. The summed E-state index contributed by atoms with van der Waals surface area (Å²) in [7, 11) is 0. The molecule has 0 spiro atoms. The van der Waals surface area contributed by atoms with E-state index in [1.54, 1.807) is 12.1 Å². The number of aliphatic imine (C=N–C) groups is 1. The number of rotatable bonds is 6. The highest BCUT2D eigenvalue weighted by atomic mass is 19.1. The molecule has 0 bridgehead atoms. The average molecular weight is 416 g/mol. The molecule has 0 radical (unpaired) electrons. The Labute approximate surface area is 181 Å². The topological polar surface area (TPSA) is 45.1 Å². The standard InChI is InChI=1S/C26H25FN2O2/c27-22-7-10-25-21(13-22)14-28-26(25)19-5-8-24(9-6-19)31-17-23(30)16-29-12-11-18-3-1-2-4-20(18)15-29/h1-10,13,23,30H,11-12,14-17H2/t23-/m1/s1. The molecule has 31 heavy (non-hydrogen) atoms. The van der Waals surface area contributed by atoms with Crippen LogP contribution in [0.5, 0.6) is 5.75 Å². The first-order valence-electron chi connectivity index (χ1n) is 10.7. The van der Waals surface area contributed by atoms with Gasteiger partial charge >= 0.3 is 0 Å². The van der Waals surface area contributed by atoms with Gasteiger partial charge in [0.2, 0.25) is 0 Å². The van der Waals surface area contributed by atoms with Crippen molar-refractivity contribution < 1.29 is 14.2 Å². The molecule has 0 fully saturated rings. The van der Waals surface area contributed by atoms with Gasteiger partial charge in [-0.2, -0.15) is 0 Å². The fourth-order valence-corrected chi connectivity index (χ4v) is 4.38. The summed E-state index contributed by atoms with van der Waals surface area (Å²) in [5.74, 6) is 0.482. The van der Waals surface area contributed by atoms with Crippen molar-refractivity contribution in [2.24, 2.45) is 4.99 Å². The Morgan fingerprint density at radius 1 is 1.00 bits per heavy atom. The van der Waals surface area contributed by atoms with E-state index in [1.807, 2.05) is 24.3 Å². The fraction of sp³-hybridized carbons (Fsp3) is 0.269. The molecule has 0 saturated heterocycles. The zero-order valence-electron chi connectivity index (χ0n) is 17.3. The zero-order chi connectivity index (χ0) is 21.2. The molecule has 0 amide bonds. The fourth-order valence-electron chi connectivity index (χ4n) is 4.38. The van der Waals surface area contributed by atoms with Crippen molar-refractivity contribution >= 4 is 5.71 Å². The minimum absolute atomic E-state index is 0.230. The minimum atomic E-state index is -0.550. The summed E-state index contributed by atoms with van der Waals surface area (Å²) in [6, 6.07) is 21.0. The highest BCUT2D eigenvalue weighted by Gasteiger charge is 2.20. The van der Waals surface area contributed by atoms with Crippen molar-refractivity contribution in [2.45, 2.75) is 25.6 Å². The second-order valence-electron chi connectivity index (χ2n) is 8.21. The third kappa shape index (κ3) is 4.38. The molecule has 5 rings (SSSR count). The van der Waals surface area contributed by atoms with Gasteiger partial charge in [0.15, 0.2) is 0 Å². The number of ether oxygens (including phenoxy) is 1. The van der Waals surface area contributed by atoms with Crippen LogP contribution in [0.1, 0.15) is 27.8 Å². The molecule has 2 aliphatic rings. The summed E-state index contributed by atoms with van der Waals surface area (Å²) >= 11 is 0. The molecule has 2 heterocycles. The number of aliphatic hydroxyl groups excluding tert-OH is 1. The zero-order valence-corrected chi connectivity index (χ0v) is 17.3. The van der Waals surface area contributed by atoms with Crippen molar-refractivity contribution in [2.75, 3.05) is 19.7 Å². The lowest BCUT2D eigenvalue weighted by Crippen LogP contribution is -2.38. The van der Waals surface area contributed by atoms with E-state index >= 15 is 0 Å². The first kappa shape index (κ1) is 19.9. The number of aliphatic hydroxyl groups is 1. The molecule has 1 N–H and O–H groups in total. The third-order valence-electron chi connectivity index (χ3n) is 5.98. The van der Waals surface area contributed by atoms with Crippen LogP contribution in [0.15, 0.2) is 71.7 Å². The molecule has 0 unspecified atom stereocenters. The van der Waals surface area contributed by atoms with Crippen LogP contribution < -0.4 is 4.74 Å². The summed E-state index contributed by atoms with van der Waals surface area (Å²) < 4.78 is 19.2. The quantitative estimate of drug-likeness (QED) is 0.661. The van der Waals surface area contributed by atoms with Crippen LogP contribution in [0.3, 0.4) is 0 Å². The normalized spacial score (nSPS) is 16.4. The lowest BCUT2D eigenvalue weighted by atomic mass is 10.00. The van der Waals surface area contributed by atoms with E-state index in [1.165, 1.54) is 17.2 Å². The summed E-state index contributed by atoms with van der Waals surface area (Å²) in [6.45, 7) is 3.18. The Balaban J connectivity index is 1.15. The maximum atomic E-state index is 13.4. The first-order valence-corrected chi connectivity index (χ1v) is 10.7. The number of fused-ring (bicyclic) bond motifs is 2. The molecule has 1 atom stereocenters. The van der Waals surface area contributed by atoms with Crippen LogP contribution in [0.2, 0.25) is 0 Å². The Morgan fingerprint density at radius 3 is 2.65 bits per heavy atom. The Morgan fingerprint density at radius 2 is 1.81 bits per heavy atom. The van der Waals surface area contributed by atoms with E-state index in [9.17, 15) is 9.50 Å². The van der Waals surface area contributed by atoms with Crippen LogP contribution in [0, 0.1) is 5.82 Å². The van der Waals surface area contributed by atoms with Crippen LogP contribution in [-0.4, -0.2) is 41.5 Å². The molecule has 0 aromatic heterocycles. The third-order valence-corrected chi connectivity index (χ3v) is 5.98. The molecule has 4 nitrogen and oxygen atoms in total. The minimum Gasteiger partial charge on any atom is -0.491 e. The molecule has 3 aromatic rings. The summed E-state index contributed by atoms with van der Waals surface area (Å²) in [5.41, 5.74) is 6.50. The maximum Gasteiger partial charge on any atom is 0.123 e. The molecule has 2 aliphatic heterocycles. The maximum absolute atomic E-state index is 13.4. The van der Waals surface area contributed by atoms with E-state index in [2.05, 4.69) is 34.2 Å². The lowest BCUT2D eigenvalue weighted by Gasteiger charge is -2.30. The Bertz CT molecular complexity index is 1110. The van der Waals surface area contributed by atoms with Crippen LogP contribution in [0.4, 0.5) is 4.39 Å². The average Bonchev–Trinajstić information content (AvgIpc) is 3.21. The summed E-state index contributed by atoms with van der Waals surface area (Å²) in [4.78, 5) is 6.84. The van der Waals surface area contributed by atoms with Crippen LogP contribution in [-0.2, 0) is 19.5 Å². The van der Waals surface area contributed by atoms with Crippen molar-refractivity contribution in [1.82, 2.24) is 4.90 Å². The monoisotopic (exact) mass is 416 g/mol. The van der Waals surface area contributed by atoms with Gasteiger partial charge in [-0.05, 0) is 65.6 Å². The molecule has 5 heteroatoms. The van der Waals surface area contributed by atoms with Gasteiger partial charge in [0.1, 0.15) is 24.3 Å². The number of halogens is 1. The first-order chi connectivity index (χ1) is 15.2. The van der Waals surface area contributed by atoms with E-state index in [0.29, 0.717) is 18.8 Å². The summed E-state index contributed by atoms with van der Waals surface area (Å²) in [5, 5.41) is 10.5. The molecule has 158 valence electrons. The van der Waals surface area contributed by atoms with Gasteiger partial charge in [-0.15, -0.1) is 0 Å². The predicted octanol–water partition coefficient (Wildman–Crippen LogP) is 3.97. The second-order valence-corrected chi connectivity index (χ2v) is 8.21. The largest absolute Gasteiger partial charge is 0.491 e. The van der Waals surface area contributed by atoms with Gasteiger partial charge in [-0.1, -0.05) is 24.3 Å². The number of β-amino-alcohol motifs (C(OH)–C–C–N with tert-alkyl or cyclic N) is 1. The van der Waals surface area contributed by atoms with Crippen molar-refractivity contribution in [3.05, 3.63) is 100 Å². The number of benzene rings is 3. The Kier molecular flexibility index (Phi) is 5.53. The van der Waals surface area contributed by atoms with Crippen molar-refractivity contribution in [1.29, 1.82) is 0 Å². The van der Waals surface area contributed by atoms with E-state index in [-0.39, 0.29) is 12.4 Å². The second kappa shape index (κ2) is 8.61. The van der Waals surface area contributed by atoms with Gasteiger partial charge in [0, 0.05) is 30.8 Å². The molecular weight excluding hydrogens is 391 g/mol. The van der Waals surface area contributed by atoms with E-state index in [0.717, 1.165) is 41.9 Å². The SMILES string of the molecule is O[C@@H](COc1ccc(C2=NCc3cc(F)ccc32)cc1)CN1CCc2ccccc2C1. The van der Waals surface area contributed by atoms with E-state index in [4.69, 9.17) is 4.74 Å². The van der Waals surface area contributed by atoms with E-state index < -0.39 is 6.10 Å². The number of hydrogen-bond donors (Lipinski definition) is 1. The van der Waals surface area contributed by atoms with Crippen molar-refractivity contribution in [3.8, 4) is 5.75 Å². The molecule has 0 saturated carbocycles. The Hall–Kier alpha value is -3.02. The van der Waals surface area contributed by atoms with Gasteiger partial charge < -0.3 is 9.84 Å². The number of nitrogens with zero attached hydrogens (tertiary/aromatic N) is 2.